The number of rotatable bonds is 8. The summed E-state index contributed by atoms with van der Waals surface area (Å²) in [5, 5.41) is -0.0115. The average molecular weight is 573 g/mol. The van der Waals surface area contributed by atoms with E-state index in [9.17, 15) is 18.4 Å². The van der Waals surface area contributed by atoms with E-state index in [-0.39, 0.29) is 41.6 Å². The summed E-state index contributed by atoms with van der Waals surface area (Å²) in [7, 11) is -0.397. The summed E-state index contributed by atoms with van der Waals surface area (Å²) in [6.45, 7) is 14.2. The molecule has 1 atom stereocenters. The third-order valence-corrected chi connectivity index (χ3v) is 13.4. The lowest BCUT2D eigenvalue weighted by Crippen LogP contribution is -2.49. The Labute approximate surface area is 237 Å². The summed E-state index contributed by atoms with van der Waals surface area (Å²) in [5.41, 5.74) is 1.14. The fourth-order valence-corrected chi connectivity index (χ4v) is 6.63. The molecule has 2 aromatic rings. The van der Waals surface area contributed by atoms with E-state index in [4.69, 9.17) is 9.16 Å². The van der Waals surface area contributed by atoms with Crippen molar-refractivity contribution >= 4 is 25.9 Å². The highest BCUT2D eigenvalue weighted by molar-refractivity contribution is 6.74. The van der Waals surface area contributed by atoms with Crippen LogP contribution >= 0.6 is 0 Å². The maximum absolute atomic E-state index is 15.0. The molecule has 4 rings (SSSR count). The highest BCUT2D eigenvalue weighted by atomic mass is 28.4. The summed E-state index contributed by atoms with van der Waals surface area (Å²) < 4.78 is 40.9. The molecule has 0 bridgehead atoms. The number of likely N-dealkylation sites (N-methyl/N-ethyl adjacent to an activating group) is 1. The van der Waals surface area contributed by atoms with Crippen molar-refractivity contribution in [3.05, 3.63) is 59.2 Å². The number of amides is 1. The summed E-state index contributed by atoms with van der Waals surface area (Å²) >= 11 is 0. The number of anilines is 1. The Hall–Kier alpha value is -2.78. The molecule has 0 N–H and O–H groups in total. The molecule has 2 heterocycles. The van der Waals surface area contributed by atoms with Gasteiger partial charge in [-0.25, -0.2) is 8.78 Å². The van der Waals surface area contributed by atoms with Gasteiger partial charge in [-0.05, 0) is 105 Å². The summed E-state index contributed by atoms with van der Waals surface area (Å²) in [6.07, 6.45) is 1.22. The molecule has 6 nitrogen and oxygen atoms in total. The van der Waals surface area contributed by atoms with Crippen molar-refractivity contribution in [2.45, 2.75) is 70.5 Å². The Morgan fingerprint density at radius 1 is 1.10 bits per heavy atom. The van der Waals surface area contributed by atoms with E-state index in [1.807, 2.05) is 0 Å². The van der Waals surface area contributed by atoms with Gasteiger partial charge in [0.05, 0.1) is 17.9 Å². The molecule has 9 heteroatoms. The number of benzene rings is 2. The molecule has 1 fully saturated rings. The number of halogens is 2. The average Bonchev–Trinajstić information content (AvgIpc) is 3.07. The lowest BCUT2D eigenvalue weighted by molar-refractivity contribution is -0.149. The van der Waals surface area contributed by atoms with Crippen molar-refractivity contribution in [1.29, 1.82) is 0 Å². The van der Waals surface area contributed by atoms with E-state index in [0.717, 1.165) is 11.3 Å². The van der Waals surface area contributed by atoms with Crippen LogP contribution in [0.15, 0.2) is 36.4 Å². The molecule has 0 saturated carbocycles. The van der Waals surface area contributed by atoms with Gasteiger partial charge in [0, 0.05) is 19.3 Å². The largest absolute Gasteiger partial charge is 0.543 e. The van der Waals surface area contributed by atoms with Crippen molar-refractivity contribution in [1.82, 2.24) is 4.90 Å². The monoisotopic (exact) mass is 572 g/mol. The Balaban J connectivity index is 1.51. The summed E-state index contributed by atoms with van der Waals surface area (Å²) in [5.74, 6) is -1.10. The minimum Gasteiger partial charge on any atom is -0.543 e. The Kier molecular flexibility index (Phi) is 8.48. The van der Waals surface area contributed by atoms with E-state index in [2.05, 4.69) is 38.8 Å². The van der Waals surface area contributed by atoms with Crippen LogP contribution in [0, 0.1) is 17.6 Å². The Morgan fingerprint density at radius 2 is 1.77 bits per heavy atom. The number of hydrogen-bond donors (Lipinski definition) is 0. The van der Waals surface area contributed by atoms with Crippen molar-refractivity contribution in [2.75, 3.05) is 38.2 Å². The number of hydrogen-bond acceptors (Lipinski definition) is 5. The molecule has 2 aliphatic heterocycles. The first-order valence-electron chi connectivity index (χ1n) is 14.1. The molecule has 2 aromatic carbocycles. The van der Waals surface area contributed by atoms with Gasteiger partial charge in [-0.15, -0.1) is 0 Å². The van der Waals surface area contributed by atoms with Crippen molar-refractivity contribution in [3.63, 3.8) is 0 Å². The molecule has 0 aromatic heterocycles. The normalized spacial score (nSPS) is 18.1. The molecule has 1 saturated heterocycles. The number of ether oxygens (including phenoxy) is 1. The van der Waals surface area contributed by atoms with Crippen LogP contribution in [0.1, 0.15) is 51.7 Å². The lowest BCUT2D eigenvalue weighted by atomic mass is 9.73. The first-order chi connectivity index (χ1) is 18.7. The minimum absolute atomic E-state index is 0.0115. The van der Waals surface area contributed by atoms with Gasteiger partial charge >= 0.3 is 5.97 Å². The Morgan fingerprint density at radius 3 is 2.40 bits per heavy atom. The quantitative estimate of drug-likeness (QED) is 0.283. The van der Waals surface area contributed by atoms with Gasteiger partial charge in [-0.2, -0.15) is 0 Å². The maximum atomic E-state index is 15.0. The van der Waals surface area contributed by atoms with Gasteiger partial charge in [0.1, 0.15) is 17.4 Å². The molecule has 218 valence electrons. The third-order valence-electron chi connectivity index (χ3n) is 9.02. The van der Waals surface area contributed by atoms with Gasteiger partial charge in [0.2, 0.25) is 14.2 Å². The number of likely N-dealkylation sites (tertiary alicyclic amines) is 1. The van der Waals surface area contributed by atoms with Gasteiger partial charge in [-0.3, -0.25) is 9.59 Å². The second-order valence-corrected chi connectivity index (χ2v) is 17.4. The van der Waals surface area contributed by atoms with Crippen molar-refractivity contribution < 1.29 is 27.5 Å². The first-order valence-corrected chi connectivity index (χ1v) is 17.0. The topological polar surface area (TPSA) is 59.1 Å². The molecular weight excluding hydrogens is 530 g/mol. The number of carbonyl (C=O) groups excluding carboxylic acids is 2. The van der Waals surface area contributed by atoms with Crippen LogP contribution in [0.4, 0.5) is 14.5 Å². The van der Waals surface area contributed by atoms with Crippen LogP contribution in [-0.4, -0.2) is 58.4 Å². The first kappa shape index (κ1) is 30.2. The number of carbonyl (C=O) groups is 2. The van der Waals surface area contributed by atoms with Gasteiger partial charge in [-0.1, -0.05) is 20.8 Å². The highest BCUT2D eigenvalue weighted by Crippen LogP contribution is 2.47. The van der Waals surface area contributed by atoms with E-state index < -0.39 is 19.7 Å². The fourth-order valence-electron chi connectivity index (χ4n) is 5.61. The zero-order chi connectivity index (χ0) is 29.5. The zero-order valence-electron chi connectivity index (χ0n) is 24.8. The van der Waals surface area contributed by atoms with Crippen LogP contribution in [0.5, 0.6) is 5.75 Å². The number of fused-ring (bicyclic) bond motifs is 2. The van der Waals surface area contributed by atoms with E-state index >= 15 is 0 Å². The molecule has 1 unspecified atom stereocenters. The smallest absolute Gasteiger partial charge is 0.310 e. The highest BCUT2D eigenvalue weighted by Gasteiger charge is 2.51. The second kappa shape index (κ2) is 11.2. The number of piperidine rings is 1. The SMILES string of the molecule is CCOC(=O)C(Cc1cc(O[Si](C)(C)C(C)(C)C)ccc1F)CN1CCC2(CC1)C(=O)N(C)c1ccc(F)cc12. The van der Waals surface area contributed by atoms with E-state index in [0.29, 0.717) is 43.8 Å². The van der Waals surface area contributed by atoms with Crippen LogP contribution in [0.3, 0.4) is 0 Å². The maximum Gasteiger partial charge on any atom is 0.310 e. The van der Waals surface area contributed by atoms with E-state index in [1.165, 1.54) is 18.2 Å². The molecular formula is C31H42F2N2O4Si. The van der Waals surface area contributed by atoms with Crippen LogP contribution < -0.4 is 9.33 Å². The van der Waals surface area contributed by atoms with Crippen LogP contribution in [-0.2, 0) is 26.2 Å². The predicted octanol–water partition coefficient (Wildman–Crippen LogP) is 6.08. The molecule has 40 heavy (non-hydrogen) atoms. The van der Waals surface area contributed by atoms with Crippen molar-refractivity contribution in [3.8, 4) is 5.75 Å². The van der Waals surface area contributed by atoms with Gasteiger partial charge in [0.25, 0.3) is 0 Å². The zero-order valence-corrected chi connectivity index (χ0v) is 25.8. The number of nitrogens with zero attached hydrogens (tertiary/aromatic N) is 2. The molecule has 1 amide bonds. The number of esters is 1. The van der Waals surface area contributed by atoms with Crippen molar-refractivity contribution in [2.24, 2.45) is 5.92 Å². The second-order valence-electron chi connectivity index (χ2n) is 12.7. The third kappa shape index (κ3) is 5.81. The summed E-state index contributed by atoms with van der Waals surface area (Å²) in [4.78, 5) is 30.1. The van der Waals surface area contributed by atoms with Gasteiger partial charge in [0.15, 0.2) is 0 Å². The minimum atomic E-state index is -2.13. The fraction of sp³-hybridized carbons (Fsp3) is 0.548. The van der Waals surface area contributed by atoms with Crippen LogP contribution in [0.2, 0.25) is 18.1 Å². The standard InChI is InChI=1S/C31H42F2N2O4Si/c1-8-38-28(36)22(17-21-18-24(10-11-26(21)33)39-40(6,7)30(2,3)4)20-35-15-13-31(14-16-35)25-19-23(32)9-12-27(25)34(5)29(31)37/h9-12,18-19,22H,8,13-17,20H2,1-7H3. The molecule has 1 spiro atoms. The molecule has 0 radical (unpaired) electrons. The van der Waals surface area contributed by atoms with E-state index in [1.54, 1.807) is 37.1 Å². The Bertz CT molecular complexity index is 1270. The summed E-state index contributed by atoms with van der Waals surface area (Å²) in [6, 6.07) is 9.30. The van der Waals surface area contributed by atoms with Gasteiger partial charge < -0.3 is 19.0 Å². The molecule has 2 aliphatic rings. The lowest BCUT2D eigenvalue weighted by Gasteiger charge is -2.39. The molecule has 0 aliphatic carbocycles. The predicted molar refractivity (Wildman–Crippen MR) is 155 cm³/mol. The van der Waals surface area contributed by atoms with Crippen LogP contribution in [0.25, 0.3) is 0 Å².